The maximum absolute atomic E-state index is 12.6. The van der Waals surface area contributed by atoms with Crippen molar-refractivity contribution in [3.05, 3.63) is 80.5 Å². The minimum absolute atomic E-state index is 0.246. The van der Waals surface area contributed by atoms with Crippen molar-refractivity contribution in [2.75, 3.05) is 0 Å². The maximum Gasteiger partial charge on any atom is 0.291 e. The first-order chi connectivity index (χ1) is 13.2. The Morgan fingerprint density at radius 1 is 1.07 bits per heavy atom. The summed E-state index contributed by atoms with van der Waals surface area (Å²) in [6.45, 7) is 0. The SMILES string of the molecule is O=c1c(=Cc2ccc(-c3ccc(Cl)cc3)o2)sc2nc(-c3ccco3)nn12. The van der Waals surface area contributed by atoms with Crippen LogP contribution in [0, 0.1) is 0 Å². The number of fused-ring (bicyclic) bond motifs is 1. The molecule has 0 aliphatic heterocycles. The Morgan fingerprint density at radius 3 is 2.67 bits per heavy atom. The number of benzene rings is 1. The van der Waals surface area contributed by atoms with E-state index in [2.05, 4.69) is 10.1 Å². The number of thiazole rings is 1. The Labute approximate surface area is 160 Å². The highest BCUT2D eigenvalue weighted by molar-refractivity contribution is 7.15. The number of aromatic nitrogens is 3. The summed E-state index contributed by atoms with van der Waals surface area (Å²) in [5.74, 6) is 2.19. The summed E-state index contributed by atoms with van der Waals surface area (Å²) in [6.07, 6.45) is 3.23. The molecule has 0 unspecified atom stereocenters. The smallest absolute Gasteiger partial charge is 0.291 e. The molecular weight excluding hydrogens is 386 g/mol. The average Bonchev–Trinajstić information content (AvgIpc) is 3.43. The quantitative estimate of drug-likeness (QED) is 0.463. The van der Waals surface area contributed by atoms with Gasteiger partial charge in [0.05, 0.1) is 6.26 Å². The molecule has 4 aromatic heterocycles. The molecule has 27 heavy (non-hydrogen) atoms. The number of nitrogens with zero attached hydrogens (tertiary/aromatic N) is 3. The molecule has 1 aromatic carbocycles. The summed E-state index contributed by atoms with van der Waals surface area (Å²) in [5, 5.41) is 4.89. The molecule has 0 atom stereocenters. The molecule has 4 heterocycles. The van der Waals surface area contributed by atoms with E-state index < -0.39 is 0 Å². The van der Waals surface area contributed by atoms with Crippen LogP contribution in [0.4, 0.5) is 0 Å². The van der Waals surface area contributed by atoms with E-state index in [4.69, 9.17) is 20.4 Å². The van der Waals surface area contributed by atoms with Gasteiger partial charge >= 0.3 is 0 Å². The highest BCUT2D eigenvalue weighted by atomic mass is 35.5. The van der Waals surface area contributed by atoms with Gasteiger partial charge in [-0.05, 0) is 48.5 Å². The van der Waals surface area contributed by atoms with Gasteiger partial charge in [0, 0.05) is 16.7 Å². The highest BCUT2D eigenvalue weighted by Gasteiger charge is 2.14. The van der Waals surface area contributed by atoms with Crippen LogP contribution in [-0.2, 0) is 0 Å². The third kappa shape index (κ3) is 2.87. The van der Waals surface area contributed by atoms with Gasteiger partial charge in [-0.1, -0.05) is 22.9 Å². The second-order valence-corrected chi connectivity index (χ2v) is 7.18. The highest BCUT2D eigenvalue weighted by Crippen LogP contribution is 2.24. The minimum Gasteiger partial charge on any atom is -0.461 e. The van der Waals surface area contributed by atoms with Crippen molar-refractivity contribution in [2.24, 2.45) is 0 Å². The number of hydrogen-bond acceptors (Lipinski definition) is 6. The standard InChI is InChI=1S/C19H10ClN3O3S/c20-12-5-3-11(4-6-12)14-8-7-13(26-14)10-16-18(24)23-19(27-16)21-17(22-23)15-2-1-9-25-15/h1-10H. The average molecular weight is 396 g/mol. The van der Waals surface area contributed by atoms with Gasteiger partial charge < -0.3 is 8.83 Å². The van der Waals surface area contributed by atoms with Crippen LogP contribution in [0.15, 0.2) is 68.4 Å². The van der Waals surface area contributed by atoms with Crippen molar-refractivity contribution in [3.8, 4) is 22.9 Å². The van der Waals surface area contributed by atoms with Crippen molar-refractivity contribution in [3.63, 3.8) is 0 Å². The lowest BCUT2D eigenvalue weighted by atomic mass is 10.2. The molecule has 0 N–H and O–H groups in total. The van der Waals surface area contributed by atoms with Crippen molar-refractivity contribution in [1.29, 1.82) is 0 Å². The zero-order chi connectivity index (χ0) is 18.4. The fourth-order valence-electron chi connectivity index (χ4n) is 2.67. The first-order valence-electron chi connectivity index (χ1n) is 7.98. The van der Waals surface area contributed by atoms with E-state index in [1.165, 1.54) is 22.1 Å². The van der Waals surface area contributed by atoms with Crippen LogP contribution in [0.1, 0.15) is 5.76 Å². The van der Waals surface area contributed by atoms with Crippen molar-refractivity contribution >= 4 is 34.0 Å². The lowest BCUT2D eigenvalue weighted by Gasteiger charge is -1.96. The van der Waals surface area contributed by atoms with E-state index >= 15 is 0 Å². The monoisotopic (exact) mass is 395 g/mol. The Bertz CT molecular complexity index is 1350. The number of hydrogen-bond donors (Lipinski definition) is 0. The fourth-order valence-corrected chi connectivity index (χ4v) is 3.69. The van der Waals surface area contributed by atoms with Gasteiger partial charge in [0.2, 0.25) is 10.8 Å². The first kappa shape index (κ1) is 16.0. The third-order valence-corrected chi connectivity index (χ3v) is 5.16. The summed E-state index contributed by atoms with van der Waals surface area (Å²) in [6, 6.07) is 14.5. The first-order valence-corrected chi connectivity index (χ1v) is 9.18. The van der Waals surface area contributed by atoms with Gasteiger partial charge in [0.25, 0.3) is 5.56 Å². The molecule has 8 heteroatoms. The van der Waals surface area contributed by atoms with Gasteiger partial charge in [-0.25, -0.2) is 0 Å². The van der Waals surface area contributed by atoms with E-state index in [9.17, 15) is 4.79 Å². The Balaban J connectivity index is 1.53. The maximum atomic E-state index is 12.6. The van der Waals surface area contributed by atoms with Gasteiger partial charge in [0.1, 0.15) is 16.1 Å². The van der Waals surface area contributed by atoms with Crippen LogP contribution in [0.5, 0.6) is 0 Å². The lowest BCUT2D eigenvalue weighted by Crippen LogP contribution is -2.23. The molecule has 0 bridgehead atoms. The van der Waals surface area contributed by atoms with Gasteiger partial charge in [0.15, 0.2) is 5.76 Å². The molecule has 0 fully saturated rings. The Morgan fingerprint density at radius 2 is 1.93 bits per heavy atom. The summed E-state index contributed by atoms with van der Waals surface area (Å²) in [7, 11) is 0. The van der Waals surface area contributed by atoms with Crippen LogP contribution in [0.25, 0.3) is 33.9 Å². The Kier molecular flexibility index (Phi) is 3.70. The van der Waals surface area contributed by atoms with Crippen molar-refractivity contribution < 1.29 is 8.83 Å². The molecule has 0 amide bonds. The van der Waals surface area contributed by atoms with E-state index in [-0.39, 0.29) is 5.56 Å². The normalized spacial score (nSPS) is 12.3. The second kappa shape index (κ2) is 6.22. The summed E-state index contributed by atoms with van der Waals surface area (Å²) in [5.41, 5.74) is 0.664. The molecule has 5 aromatic rings. The molecule has 0 spiro atoms. The molecule has 5 rings (SSSR count). The van der Waals surface area contributed by atoms with Crippen LogP contribution in [-0.4, -0.2) is 14.6 Å². The molecule has 0 saturated heterocycles. The number of furan rings is 2. The third-order valence-electron chi connectivity index (χ3n) is 3.95. The van der Waals surface area contributed by atoms with Gasteiger partial charge in [-0.15, -0.1) is 5.10 Å². The van der Waals surface area contributed by atoms with Gasteiger partial charge in [-0.2, -0.15) is 9.50 Å². The van der Waals surface area contributed by atoms with E-state index in [1.54, 1.807) is 30.3 Å². The molecule has 132 valence electrons. The molecule has 0 saturated carbocycles. The predicted octanol–water partition coefficient (Wildman–Crippen LogP) is 3.87. The number of halogens is 1. The topological polar surface area (TPSA) is 73.5 Å². The molecule has 0 radical (unpaired) electrons. The van der Waals surface area contributed by atoms with Crippen molar-refractivity contribution in [1.82, 2.24) is 14.6 Å². The molecule has 0 aliphatic carbocycles. The van der Waals surface area contributed by atoms with E-state index in [1.807, 2.05) is 24.3 Å². The molecular formula is C19H10ClN3O3S. The van der Waals surface area contributed by atoms with Crippen molar-refractivity contribution in [2.45, 2.75) is 0 Å². The zero-order valence-corrected chi connectivity index (χ0v) is 15.2. The molecule has 6 nitrogen and oxygen atoms in total. The van der Waals surface area contributed by atoms with Gasteiger partial charge in [-0.3, -0.25) is 4.79 Å². The fraction of sp³-hybridized carbons (Fsp3) is 0. The van der Waals surface area contributed by atoms with Crippen LogP contribution in [0.3, 0.4) is 0 Å². The second-order valence-electron chi connectivity index (χ2n) is 5.73. The largest absolute Gasteiger partial charge is 0.461 e. The van der Waals surface area contributed by atoms with Crippen LogP contribution < -0.4 is 10.1 Å². The van der Waals surface area contributed by atoms with Crippen LogP contribution >= 0.6 is 22.9 Å². The summed E-state index contributed by atoms with van der Waals surface area (Å²) < 4.78 is 12.9. The summed E-state index contributed by atoms with van der Waals surface area (Å²) in [4.78, 5) is 17.4. The Hall–Kier alpha value is -3.16. The summed E-state index contributed by atoms with van der Waals surface area (Å²) >= 11 is 7.16. The van der Waals surface area contributed by atoms with E-state index in [0.717, 1.165) is 5.56 Å². The predicted molar refractivity (Wildman–Crippen MR) is 103 cm³/mol. The number of rotatable bonds is 3. The van der Waals surface area contributed by atoms with Crippen LogP contribution in [0.2, 0.25) is 5.02 Å². The lowest BCUT2D eigenvalue weighted by molar-refractivity contribution is 0.571. The van der Waals surface area contributed by atoms with E-state index in [0.29, 0.717) is 37.6 Å². The zero-order valence-electron chi connectivity index (χ0n) is 13.6. The minimum atomic E-state index is -0.246. The molecule has 0 aliphatic rings.